The molecule has 1 saturated carbocycles. The zero-order chi connectivity index (χ0) is 16.2. The molecule has 3 fully saturated rings. The van der Waals surface area contributed by atoms with E-state index in [-0.39, 0.29) is 30.1 Å². The molecular formula is C17H29N3O3. The molecular weight excluding hydrogens is 294 g/mol. The Bertz CT molecular complexity index is 437. The second kappa shape index (κ2) is 7.62. The van der Waals surface area contributed by atoms with Gasteiger partial charge in [-0.3, -0.25) is 9.59 Å². The molecule has 3 N–H and O–H groups in total. The predicted molar refractivity (Wildman–Crippen MR) is 86.7 cm³/mol. The highest BCUT2D eigenvalue weighted by molar-refractivity contribution is 5.82. The summed E-state index contributed by atoms with van der Waals surface area (Å²) in [5.41, 5.74) is 5.58. The largest absolute Gasteiger partial charge is 0.364 e. The van der Waals surface area contributed by atoms with Crippen LogP contribution < -0.4 is 11.1 Å². The fraction of sp³-hybridized carbons (Fsp3) is 0.882. The number of carbonyl (C=O) groups is 2. The number of likely N-dealkylation sites (tertiary alicyclic amines) is 1. The van der Waals surface area contributed by atoms with Crippen molar-refractivity contribution in [2.24, 2.45) is 11.7 Å². The number of rotatable bonds is 4. The Kier molecular flexibility index (Phi) is 5.54. The first-order valence-corrected chi connectivity index (χ1v) is 9.12. The number of carbonyl (C=O) groups excluding carboxylic acids is 2. The highest BCUT2D eigenvalue weighted by Crippen LogP contribution is 2.27. The molecule has 0 radical (unpaired) electrons. The summed E-state index contributed by atoms with van der Waals surface area (Å²) in [6.45, 7) is 1.88. The third kappa shape index (κ3) is 4.04. The van der Waals surface area contributed by atoms with Gasteiger partial charge in [0, 0.05) is 31.6 Å². The van der Waals surface area contributed by atoms with Crippen molar-refractivity contribution in [3.8, 4) is 0 Å². The molecule has 0 spiro atoms. The fourth-order valence-corrected chi connectivity index (χ4v) is 4.05. The van der Waals surface area contributed by atoms with E-state index in [1.54, 1.807) is 0 Å². The van der Waals surface area contributed by atoms with Crippen molar-refractivity contribution >= 4 is 11.8 Å². The van der Waals surface area contributed by atoms with Crippen LogP contribution in [-0.2, 0) is 14.3 Å². The van der Waals surface area contributed by atoms with E-state index in [1.807, 2.05) is 4.90 Å². The van der Waals surface area contributed by atoms with E-state index < -0.39 is 0 Å². The maximum atomic E-state index is 12.5. The average molecular weight is 323 g/mol. The van der Waals surface area contributed by atoms with Crippen LogP contribution in [0.15, 0.2) is 0 Å². The van der Waals surface area contributed by atoms with Gasteiger partial charge in [0.05, 0.1) is 6.10 Å². The Morgan fingerprint density at radius 1 is 1.09 bits per heavy atom. The van der Waals surface area contributed by atoms with E-state index in [0.717, 1.165) is 38.6 Å². The summed E-state index contributed by atoms with van der Waals surface area (Å²) in [6.07, 6.45) is 7.75. The summed E-state index contributed by atoms with van der Waals surface area (Å²) in [6, 6.07) is 0.0653. The minimum absolute atomic E-state index is 0.0127. The second-order valence-corrected chi connectivity index (χ2v) is 7.17. The normalized spacial score (nSPS) is 32.2. The minimum atomic E-state index is -0.369. The minimum Gasteiger partial charge on any atom is -0.364 e. The monoisotopic (exact) mass is 323 g/mol. The first-order chi connectivity index (χ1) is 11.2. The predicted octanol–water partition coefficient (Wildman–Crippen LogP) is 0.790. The molecule has 6 heteroatoms. The fourth-order valence-electron chi connectivity index (χ4n) is 4.05. The molecule has 3 rings (SSSR count). The first-order valence-electron chi connectivity index (χ1n) is 9.12. The molecule has 0 aromatic rings. The number of hydrogen-bond acceptors (Lipinski definition) is 4. The maximum Gasteiger partial charge on any atom is 0.249 e. The van der Waals surface area contributed by atoms with Gasteiger partial charge in [-0.15, -0.1) is 0 Å². The van der Waals surface area contributed by atoms with Gasteiger partial charge in [-0.05, 0) is 32.1 Å². The Hall–Kier alpha value is -1.14. The number of ether oxygens (including phenoxy) is 1. The highest BCUT2D eigenvalue weighted by Gasteiger charge is 2.35. The maximum absolute atomic E-state index is 12.5. The lowest BCUT2D eigenvalue weighted by Gasteiger charge is -2.26. The molecule has 3 aliphatic rings. The molecule has 2 aliphatic heterocycles. The highest BCUT2D eigenvalue weighted by atomic mass is 16.5. The molecule has 6 nitrogen and oxygen atoms in total. The Morgan fingerprint density at radius 3 is 2.57 bits per heavy atom. The molecule has 3 atom stereocenters. The van der Waals surface area contributed by atoms with Crippen molar-refractivity contribution in [1.29, 1.82) is 0 Å². The van der Waals surface area contributed by atoms with Gasteiger partial charge in [0.25, 0.3) is 0 Å². The molecule has 0 aromatic heterocycles. The third-order valence-corrected chi connectivity index (χ3v) is 5.46. The van der Waals surface area contributed by atoms with E-state index in [0.29, 0.717) is 19.0 Å². The molecule has 1 aliphatic carbocycles. The number of nitrogens with zero attached hydrogens (tertiary/aromatic N) is 1. The number of nitrogens with two attached hydrogens (primary N) is 1. The first kappa shape index (κ1) is 16.7. The van der Waals surface area contributed by atoms with Gasteiger partial charge in [0.1, 0.15) is 6.10 Å². The summed E-state index contributed by atoms with van der Waals surface area (Å²) in [4.78, 5) is 26.7. The van der Waals surface area contributed by atoms with Crippen molar-refractivity contribution < 1.29 is 14.3 Å². The SMILES string of the molecule is NC[C@H]1CC[C@@H](C(=O)NC2CCN(C(=O)C3CCCCC3)C2)O1. The van der Waals surface area contributed by atoms with Gasteiger partial charge in [-0.1, -0.05) is 19.3 Å². The molecule has 23 heavy (non-hydrogen) atoms. The van der Waals surface area contributed by atoms with Crippen LogP contribution in [0.25, 0.3) is 0 Å². The lowest BCUT2D eigenvalue weighted by Crippen LogP contribution is -2.44. The number of hydrogen-bond donors (Lipinski definition) is 2. The van der Waals surface area contributed by atoms with Crippen LogP contribution in [0.3, 0.4) is 0 Å². The van der Waals surface area contributed by atoms with Gasteiger partial charge in [-0.25, -0.2) is 0 Å². The smallest absolute Gasteiger partial charge is 0.249 e. The molecule has 0 aromatic carbocycles. The Morgan fingerprint density at radius 2 is 1.87 bits per heavy atom. The van der Waals surface area contributed by atoms with Crippen LogP contribution in [0.2, 0.25) is 0 Å². The molecule has 1 unspecified atom stereocenters. The topological polar surface area (TPSA) is 84.7 Å². The molecule has 130 valence electrons. The van der Waals surface area contributed by atoms with Gasteiger partial charge >= 0.3 is 0 Å². The standard InChI is InChI=1S/C17H29N3O3/c18-10-14-6-7-15(23-14)16(21)19-13-8-9-20(11-13)17(22)12-4-2-1-3-5-12/h12-15H,1-11,18H2,(H,19,21)/t13?,14-,15+/m1/s1. The van der Waals surface area contributed by atoms with Crippen molar-refractivity contribution in [2.45, 2.75) is 69.6 Å². The summed E-state index contributed by atoms with van der Waals surface area (Å²) >= 11 is 0. The number of amides is 2. The van der Waals surface area contributed by atoms with Crippen LogP contribution in [-0.4, -0.2) is 54.6 Å². The molecule has 0 bridgehead atoms. The van der Waals surface area contributed by atoms with Crippen LogP contribution in [0.5, 0.6) is 0 Å². The van der Waals surface area contributed by atoms with E-state index >= 15 is 0 Å². The zero-order valence-electron chi connectivity index (χ0n) is 13.8. The Labute approximate surface area is 138 Å². The van der Waals surface area contributed by atoms with Crippen molar-refractivity contribution in [3.05, 3.63) is 0 Å². The summed E-state index contributed by atoms with van der Waals surface area (Å²) in [5.74, 6) is 0.460. The summed E-state index contributed by atoms with van der Waals surface area (Å²) in [5, 5.41) is 3.05. The van der Waals surface area contributed by atoms with E-state index in [2.05, 4.69) is 5.32 Å². The van der Waals surface area contributed by atoms with E-state index in [4.69, 9.17) is 10.5 Å². The Balaban J connectivity index is 1.44. The quantitative estimate of drug-likeness (QED) is 0.801. The molecule has 2 heterocycles. The van der Waals surface area contributed by atoms with E-state index in [1.165, 1.54) is 19.3 Å². The van der Waals surface area contributed by atoms with Crippen LogP contribution >= 0.6 is 0 Å². The third-order valence-electron chi connectivity index (χ3n) is 5.46. The lowest BCUT2D eigenvalue weighted by atomic mass is 9.88. The molecule has 2 saturated heterocycles. The summed E-state index contributed by atoms with van der Waals surface area (Å²) < 4.78 is 5.63. The zero-order valence-corrected chi connectivity index (χ0v) is 13.8. The second-order valence-electron chi connectivity index (χ2n) is 7.17. The van der Waals surface area contributed by atoms with Crippen molar-refractivity contribution in [3.63, 3.8) is 0 Å². The van der Waals surface area contributed by atoms with Gasteiger partial charge in [0.15, 0.2) is 0 Å². The van der Waals surface area contributed by atoms with Crippen molar-refractivity contribution in [2.75, 3.05) is 19.6 Å². The van der Waals surface area contributed by atoms with Crippen molar-refractivity contribution in [1.82, 2.24) is 10.2 Å². The van der Waals surface area contributed by atoms with Crippen LogP contribution in [0.4, 0.5) is 0 Å². The average Bonchev–Trinajstić information content (AvgIpc) is 3.24. The van der Waals surface area contributed by atoms with E-state index in [9.17, 15) is 9.59 Å². The van der Waals surface area contributed by atoms with Gasteiger partial charge in [0.2, 0.25) is 11.8 Å². The van der Waals surface area contributed by atoms with Crippen LogP contribution in [0.1, 0.15) is 51.4 Å². The molecule has 2 amide bonds. The van der Waals surface area contributed by atoms with Crippen LogP contribution in [0, 0.1) is 5.92 Å². The lowest BCUT2D eigenvalue weighted by molar-refractivity contribution is -0.136. The van der Waals surface area contributed by atoms with Gasteiger partial charge in [-0.2, -0.15) is 0 Å². The summed E-state index contributed by atoms with van der Waals surface area (Å²) in [7, 11) is 0. The van der Waals surface area contributed by atoms with Gasteiger partial charge < -0.3 is 20.7 Å². The number of nitrogens with one attached hydrogen (secondary N) is 1.